The normalized spacial score (nSPS) is 6.43. The molecule has 2 N–H and O–H groups in total. The zero-order valence-electron chi connectivity index (χ0n) is 4.51. The summed E-state index contributed by atoms with van der Waals surface area (Å²) < 4.78 is 13.4. The van der Waals surface area contributed by atoms with Crippen LogP contribution in [0.1, 0.15) is 0 Å². The third-order valence-electron chi connectivity index (χ3n) is 0. The van der Waals surface area contributed by atoms with Crippen LogP contribution in [0.15, 0.2) is 0 Å². The van der Waals surface area contributed by atoms with Crippen molar-refractivity contribution >= 4 is 42.1 Å². The second-order valence-corrected chi connectivity index (χ2v) is 3.76. The Labute approximate surface area is 62.0 Å². The zero-order chi connectivity index (χ0) is 6.28. The van der Waals surface area contributed by atoms with Crippen LogP contribution in [0.4, 0.5) is 0 Å². The van der Waals surface area contributed by atoms with Gasteiger partial charge in [0.1, 0.15) is 0 Å². The molecule has 0 aromatic heterocycles. The van der Waals surface area contributed by atoms with Crippen LogP contribution in [-0.2, 0) is 4.57 Å². The van der Waals surface area contributed by atoms with Crippen LogP contribution in [0.2, 0.25) is 6.04 Å². The van der Waals surface area contributed by atoms with E-state index < -0.39 is 8.25 Å². The van der Waals surface area contributed by atoms with E-state index in [2.05, 4.69) is 6.04 Å². The molecule has 0 aliphatic carbocycles. The van der Waals surface area contributed by atoms with E-state index in [4.69, 9.17) is 14.4 Å². The van der Waals surface area contributed by atoms with Crippen molar-refractivity contribution in [3.63, 3.8) is 0 Å². The van der Waals surface area contributed by atoms with E-state index in [9.17, 15) is 0 Å². The van der Waals surface area contributed by atoms with Crippen LogP contribution in [-0.4, -0.2) is 43.6 Å². The van der Waals surface area contributed by atoms with Gasteiger partial charge in [-0.05, 0) is 0 Å². The van der Waals surface area contributed by atoms with E-state index >= 15 is 0 Å². The minimum atomic E-state index is -3.13. The molecular formula is C2H9CaO3P. The van der Waals surface area contributed by atoms with Gasteiger partial charge < -0.3 is 9.79 Å². The monoisotopic (exact) mass is 152 g/mol. The molecule has 3 nitrogen and oxygen atoms in total. The predicted octanol–water partition coefficient (Wildman–Crippen LogP) is 0.147. The van der Waals surface area contributed by atoms with Crippen molar-refractivity contribution in [2.45, 2.75) is 6.04 Å². The topological polar surface area (TPSA) is 57.5 Å². The molecule has 0 amide bonds. The van der Waals surface area contributed by atoms with Gasteiger partial charge in [-0.3, -0.25) is 4.57 Å². The number of hydrogen-bond donors (Lipinski definition) is 2. The van der Waals surface area contributed by atoms with E-state index in [-0.39, 0.29) is 33.8 Å². The van der Waals surface area contributed by atoms with Crippen molar-refractivity contribution in [1.29, 1.82) is 0 Å². The van der Waals surface area contributed by atoms with Crippen LogP contribution in [0, 0.1) is 0 Å². The van der Waals surface area contributed by atoms with E-state index in [0.717, 1.165) is 0 Å². The van der Waals surface area contributed by atoms with Gasteiger partial charge >= 0.3 is 48.1 Å². The van der Waals surface area contributed by atoms with Gasteiger partial charge in [-0.15, -0.1) is 0 Å². The van der Waals surface area contributed by atoms with Gasteiger partial charge in [-0.25, -0.2) is 0 Å². The molecule has 5 heteroatoms. The average Bonchev–Trinajstić information content (AvgIpc) is 1.33. The second-order valence-electron chi connectivity index (χ2n) is 0.990. The minimum absolute atomic E-state index is 0.125. The number of hydrogen-bond acceptors (Lipinski definition) is 1. The molecule has 0 unspecified atom stereocenters. The summed E-state index contributed by atoms with van der Waals surface area (Å²) in [6.07, 6.45) is 0. The molecule has 0 heterocycles. The first-order valence-electron chi connectivity index (χ1n) is 2.07. The van der Waals surface area contributed by atoms with Crippen molar-refractivity contribution in [1.82, 2.24) is 0 Å². The van der Waals surface area contributed by atoms with Gasteiger partial charge in [0.15, 0.2) is 0 Å². The molecule has 0 spiro atoms. The summed E-state index contributed by atoms with van der Waals surface area (Å²) in [5, 5.41) is 0. The van der Waals surface area contributed by atoms with E-state index in [1.165, 1.54) is 0 Å². The molecule has 7 heavy (non-hydrogen) atoms. The van der Waals surface area contributed by atoms with Crippen molar-refractivity contribution in [3.05, 3.63) is 0 Å². The molecule has 0 fully saturated rings. The Bertz CT molecular complexity index is 44.2. The molecule has 0 radical (unpaired) electrons. The van der Waals surface area contributed by atoms with Gasteiger partial charge in [0.25, 0.3) is 0 Å². The summed E-state index contributed by atoms with van der Waals surface area (Å²) in [4.78, 5) is 14.3. The third-order valence-corrected chi connectivity index (χ3v) is 0. The third kappa shape index (κ3) is 109. The first-order valence-corrected chi connectivity index (χ1v) is 7.78. The maximum absolute atomic E-state index is 8.74. The van der Waals surface area contributed by atoms with Crippen LogP contribution in [0.25, 0.3) is 0 Å². The van der Waals surface area contributed by atoms with E-state index in [1.54, 1.807) is 0 Å². The van der Waals surface area contributed by atoms with Crippen molar-refractivity contribution in [2.75, 3.05) is 0 Å². The van der Waals surface area contributed by atoms with Gasteiger partial charge in [-0.2, -0.15) is 0 Å². The fraction of sp³-hybridized carbons (Fsp3) is 1.00. The first-order chi connectivity index (χ1) is 3.15. The average molecular weight is 152 g/mol. The van der Waals surface area contributed by atoms with E-state index in [1.807, 2.05) is 0 Å². The molecule has 0 aliphatic rings. The van der Waals surface area contributed by atoms with Crippen LogP contribution >= 0.6 is 8.25 Å². The first kappa shape index (κ1) is 11.2. The summed E-state index contributed by atoms with van der Waals surface area (Å²) in [7, 11) is -3.13. The summed E-state index contributed by atoms with van der Waals surface area (Å²) >= 11 is 0.125. The van der Waals surface area contributed by atoms with Crippen molar-refractivity contribution in [3.8, 4) is 0 Å². The fourth-order valence-electron chi connectivity index (χ4n) is 0. The Hall–Kier alpha value is 1.41. The quantitative estimate of drug-likeness (QED) is 0.383. The summed E-state index contributed by atoms with van der Waals surface area (Å²) in [5.74, 6) is 0. The van der Waals surface area contributed by atoms with Gasteiger partial charge in [0.2, 0.25) is 0 Å². The predicted molar refractivity (Wildman–Crippen MR) is 30.9 cm³/mol. The summed E-state index contributed by atoms with van der Waals surface area (Å²) in [6.45, 7) is 0. The van der Waals surface area contributed by atoms with Crippen molar-refractivity contribution in [2.24, 2.45) is 0 Å². The Kier molecular flexibility index (Phi) is 16.7. The summed E-state index contributed by atoms with van der Waals surface area (Å²) in [5.41, 5.74) is 0. The maximum atomic E-state index is 8.74. The van der Waals surface area contributed by atoms with Crippen LogP contribution in [0.5, 0.6) is 0 Å². The molecule has 0 rings (SSSR count). The molecule has 0 aliphatic heterocycles. The van der Waals surface area contributed by atoms with Crippen LogP contribution < -0.4 is 0 Å². The molecule has 0 atom stereocenters. The van der Waals surface area contributed by atoms with Gasteiger partial charge in [0, 0.05) is 0 Å². The van der Waals surface area contributed by atoms with Crippen LogP contribution in [0.3, 0.4) is 0 Å². The Morgan fingerprint density at radius 1 is 1.43 bits per heavy atom. The van der Waals surface area contributed by atoms with Gasteiger partial charge in [0.05, 0.1) is 0 Å². The molecule has 0 saturated heterocycles. The Morgan fingerprint density at radius 2 is 1.43 bits per heavy atom. The van der Waals surface area contributed by atoms with Crippen molar-refractivity contribution < 1.29 is 14.4 Å². The molecular weight excluding hydrogens is 143 g/mol. The molecule has 0 aromatic rings. The molecule has 0 saturated carbocycles. The van der Waals surface area contributed by atoms with E-state index in [0.29, 0.717) is 0 Å². The molecule has 0 aromatic carbocycles. The SMILES string of the molecule is O=[PH](O)O.[CH3][Ca][CH3]. The molecule has 0 bridgehead atoms. The second kappa shape index (κ2) is 10.4. The standard InChI is InChI=1S/2CH3.Ca.H3O3P/c;;;1-4(2)3/h2*1H3;;4H,(H2,1,2,3). The summed E-state index contributed by atoms with van der Waals surface area (Å²) in [6, 6.07) is 0. The fourth-order valence-corrected chi connectivity index (χ4v) is 0. The Balaban J connectivity index is 0. The van der Waals surface area contributed by atoms with Gasteiger partial charge in [-0.1, -0.05) is 0 Å². The Morgan fingerprint density at radius 3 is 1.43 bits per heavy atom. The zero-order valence-corrected chi connectivity index (χ0v) is 7.72. The molecule has 42 valence electrons. The number of rotatable bonds is 0.